The first-order valence-corrected chi connectivity index (χ1v) is 6.60. The Labute approximate surface area is 114 Å². The van der Waals surface area contributed by atoms with E-state index in [0.29, 0.717) is 34.4 Å². The van der Waals surface area contributed by atoms with Crippen LogP contribution in [-0.4, -0.2) is 21.4 Å². The number of carbonyl (C=O) groups is 2. The van der Waals surface area contributed by atoms with Crippen LogP contribution in [0.4, 0.5) is 0 Å². The van der Waals surface area contributed by atoms with Gasteiger partial charge in [-0.05, 0) is 12.5 Å². The third kappa shape index (κ3) is 1.53. The Hall–Kier alpha value is -1.53. The number of esters is 1. The van der Waals surface area contributed by atoms with Gasteiger partial charge in [0.05, 0.1) is 5.69 Å². The molecule has 0 fully saturated rings. The smallest absolute Gasteiger partial charge is 0.343 e. The van der Waals surface area contributed by atoms with Crippen LogP contribution in [0.3, 0.4) is 0 Å². The van der Waals surface area contributed by atoms with Crippen molar-refractivity contribution >= 4 is 24.0 Å². The van der Waals surface area contributed by atoms with E-state index in [1.807, 2.05) is 0 Å². The maximum Gasteiger partial charge on any atom is 0.343 e. The molecule has 1 aromatic rings. The van der Waals surface area contributed by atoms with Gasteiger partial charge >= 0.3 is 5.97 Å². The van der Waals surface area contributed by atoms with Crippen molar-refractivity contribution < 1.29 is 19.4 Å². The van der Waals surface area contributed by atoms with Crippen molar-refractivity contribution in [2.75, 3.05) is 0 Å². The quantitative estimate of drug-likeness (QED) is 0.622. The van der Waals surface area contributed by atoms with Crippen LogP contribution in [0.1, 0.15) is 41.4 Å². The molecule has 0 saturated carbocycles. The van der Waals surface area contributed by atoms with E-state index in [0.717, 1.165) is 0 Å². The summed E-state index contributed by atoms with van der Waals surface area (Å²) in [7, 11) is 0. The zero-order valence-electron chi connectivity index (χ0n) is 10.4. The molecule has 0 aliphatic carbocycles. The molecular weight excluding hydrogens is 266 g/mol. The summed E-state index contributed by atoms with van der Waals surface area (Å²) in [6, 6.07) is 1.60. The summed E-state index contributed by atoms with van der Waals surface area (Å²) in [5.74, 6) is -0.682. The Balaban J connectivity index is 2.33. The van der Waals surface area contributed by atoms with Crippen LogP contribution in [0.25, 0.3) is 0 Å². The molecule has 3 heterocycles. The van der Waals surface area contributed by atoms with E-state index < -0.39 is 11.6 Å². The number of carbonyl (C=O) groups excluding carboxylic acids is 2. The van der Waals surface area contributed by atoms with Crippen molar-refractivity contribution in [3.8, 4) is 0 Å². The predicted octanol–water partition coefficient (Wildman–Crippen LogP) is 1.46. The fraction of sp³-hybridized carbons (Fsp3) is 0.462. The lowest BCUT2D eigenvalue weighted by atomic mass is 9.86. The Kier molecular flexibility index (Phi) is 2.62. The number of fused-ring (bicyclic) bond motifs is 2. The average molecular weight is 279 g/mol. The number of ether oxygens (including phenoxy) is 1. The van der Waals surface area contributed by atoms with E-state index in [2.05, 4.69) is 0 Å². The highest BCUT2D eigenvalue weighted by atomic mass is 32.1. The molecule has 1 atom stereocenters. The highest BCUT2D eigenvalue weighted by Gasteiger charge is 2.44. The van der Waals surface area contributed by atoms with E-state index in [1.165, 1.54) is 0 Å². The number of pyridine rings is 1. The minimum atomic E-state index is -1.69. The SMILES string of the molecule is CC[C@@]1(O)C(=O)OCc2c1cc1n(c2=S)CCC1=O. The van der Waals surface area contributed by atoms with Gasteiger partial charge in [0.1, 0.15) is 11.2 Å². The van der Waals surface area contributed by atoms with Crippen LogP contribution >= 0.6 is 12.2 Å². The topological polar surface area (TPSA) is 68.5 Å². The lowest BCUT2D eigenvalue weighted by molar-refractivity contribution is -0.172. The van der Waals surface area contributed by atoms with Crippen LogP contribution in [-0.2, 0) is 28.3 Å². The minimum absolute atomic E-state index is 0.00806. The Morgan fingerprint density at radius 1 is 1.53 bits per heavy atom. The van der Waals surface area contributed by atoms with Gasteiger partial charge in [-0.2, -0.15) is 0 Å². The monoisotopic (exact) mass is 279 g/mol. The van der Waals surface area contributed by atoms with Crippen molar-refractivity contribution in [3.05, 3.63) is 27.5 Å². The summed E-state index contributed by atoms with van der Waals surface area (Å²) >= 11 is 5.36. The highest BCUT2D eigenvalue weighted by molar-refractivity contribution is 7.71. The average Bonchev–Trinajstić information content (AvgIpc) is 2.77. The van der Waals surface area contributed by atoms with Crippen LogP contribution < -0.4 is 0 Å². The number of rotatable bonds is 1. The van der Waals surface area contributed by atoms with Gasteiger partial charge in [0, 0.05) is 24.1 Å². The highest BCUT2D eigenvalue weighted by Crippen LogP contribution is 2.36. The second kappa shape index (κ2) is 3.98. The fourth-order valence-electron chi connectivity index (χ4n) is 2.69. The van der Waals surface area contributed by atoms with Gasteiger partial charge in [0.25, 0.3) is 0 Å². The number of hydrogen-bond acceptors (Lipinski definition) is 5. The lowest BCUT2D eigenvalue weighted by Gasteiger charge is -2.32. The third-order valence-electron chi connectivity index (χ3n) is 3.89. The lowest BCUT2D eigenvalue weighted by Crippen LogP contribution is -2.41. The van der Waals surface area contributed by atoms with Gasteiger partial charge in [-0.15, -0.1) is 0 Å². The van der Waals surface area contributed by atoms with Crippen LogP contribution in [0.5, 0.6) is 0 Å². The molecule has 6 heteroatoms. The van der Waals surface area contributed by atoms with Crippen molar-refractivity contribution in [1.82, 2.24) is 4.57 Å². The van der Waals surface area contributed by atoms with E-state index in [1.54, 1.807) is 17.6 Å². The summed E-state index contributed by atoms with van der Waals surface area (Å²) in [4.78, 5) is 23.6. The molecule has 0 aromatic carbocycles. The molecule has 19 heavy (non-hydrogen) atoms. The molecule has 0 unspecified atom stereocenters. The van der Waals surface area contributed by atoms with Crippen molar-refractivity contribution in [3.63, 3.8) is 0 Å². The molecule has 5 nitrogen and oxygen atoms in total. The maximum absolute atomic E-state index is 11.8. The Morgan fingerprint density at radius 3 is 2.95 bits per heavy atom. The predicted molar refractivity (Wildman–Crippen MR) is 68.2 cm³/mol. The van der Waals surface area contributed by atoms with Crippen LogP contribution in [0.2, 0.25) is 0 Å². The van der Waals surface area contributed by atoms with Gasteiger partial charge in [-0.1, -0.05) is 19.1 Å². The molecule has 0 spiro atoms. The first-order chi connectivity index (χ1) is 8.99. The normalized spacial score (nSPS) is 24.9. The number of aliphatic hydroxyl groups is 1. The molecule has 0 radical (unpaired) electrons. The largest absolute Gasteiger partial charge is 0.458 e. The summed E-state index contributed by atoms with van der Waals surface area (Å²) in [6.45, 7) is 2.31. The van der Waals surface area contributed by atoms with Gasteiger partial charge in [-0.3, -0.25) is 4.79 Å². The molecule has 0 saturated heterocycles. The fourth-order valence-corrected chi connectivity index (χ4v) is 3.05. The Morgan fingerprint density at radius 2 is 2.26 bits per heavy atom. The van der Waals surface area contributed by atoms with Crippen molar-refractivity contribution in [2.24, 2.45) is 0 Å². The Bertz CT molecular complexity index is 663. The van der Waals surface area contributed by atoms with E-state index in [4.69, 9.17) is 17.0 Å². The zero-order valence-corrected chi connectivity index (χ0v) is 11.2. The first kappa shape index (κ1) is 12.5. The standard InChI is InChI=1S/C13H13NO4S/c1-2-13(17)8-5-9-10(15)3-4-14(9)11(19)7(8)6-18-12(13)16/h5,17H,2-4,6H2,1H3/t13-/m0/s1. The molecule has 1 N–H and O–H groups in total. The third-order valence-corrected chi connectivity index (χ3v) is 4.36. The van der Waals surface area contributed by atoms with Crippen LogP contribution in [0, 0.1) is 4.64 Å². The summed E-state index contributed by atoms with van der Waals surface area (Å²) in [6.07, 6.45) is 0.594. The second-order valence-corrected chi connectivity index (χ2v) is 5.23. The molecule has 100 valence electrons. The second-order valence-electron chi connectivity index (χ2n) is 4.84. The van der Waals surface area contributed by atoms with Gasteiger partial charge in [-0.25, -0.2) is 4.79 Å². The molecule has 2 aliphatic heterocycles. The maximum atomic E-state index is 11.8. The number of Topliss-reactive ketones (excluding diaryl/α,β-unsaturated/α-hetero) is 1. The molecular formula is C13H13NO4S. The van der Waals surface area contributed by atoms with Gasteiger partial charge in [0.15, 0.2) is 11.4 Å². The van der Waals surface area contributed by atoms with Crippen molar-refractivity contribution in [1.29, 1.82) is 0 Å². The number of hydrogen-bond donors (Lipinski definition) is 1. The summed E-state index contributed by atoms with van der Waals surface area (Å²) in [5, 5.41) is 10.5. The van der Waals surface area contributed by atoms with E-state index in [9.17, 15) is 14.7 Å². The van der Waals surface area contributed by atoms with E-state index >= 15 is 0 Å². The number of nitrogens with zero attached hydrogens (tertiary/aromatic N) is 1. The van der Waals surface area contributed by atoms with E-state index in [-0.39, 0.29) is 18.8 Å². The molecule has 0 amide bonds. The zero-order chi connectivity index (χ0) is 13.8. The number of ketones is 1. The molecule has 3 rings (SSSR count). The summed E-state index contributed by atoms with van der Waals surface area (Å²) in [5.41, 5.74) is -0.153. The molecule has 1 aromatic heterocycles. The van der Waals surface area contributed by atoms with Gasteiger partial charge in [0.2, 0.25) is 0 Å². The van der Waals surface area contributed by atoms with Crippen LogP contribution in [0.15, 0.2) is 6.07 Å². The number of cyclic esters (lactones) is 1. The number of aromatic nitrogens is 1. The van der Waals surface area contributed by atoms with Crippen molar-refractivity contribution in [2.45, 2.75) is 38.5 Å². The first-order valence-electron chi connectivity index (χ1n) is 6.19. The van der Waals surface area contributed by atoms with Gasteiger partial charge < -0.3 is 14.4 Å². The molecule has 2 aliphatic rings. The summed E-state index contributed by atoms with van der Waals surface area (Å²) < 4.78 is 7.26. The minimum Gasteiger partial charge on any atom is -0.458 e. The molecule has 0 bridgehead atoms.